The Morgan fingerprint density at radius 2 is 1.77 bits per heavy atom. The molecule has 0 unspecified atom stereocenters. The second-order valence-electron chi connectivity index (χ2n) is 7.67. The van der Waals surface area contributed by atoms with E-state index < -0.39 is 10.0 Å². The predicted octanol–water partition coefficient (Wildman–Crippen LogP) is 2.53. The van der Waals surface area contributed by atoms with Gasteiger partial charge in [0.2, 0.25) is 10.0 Å². The van der Waals surface area contributed by atoms with Crippen LogP contribution in [0.15, 0.2) is 41.3 Å². The van der Waals surface area contributed by atoms with E-state index in [2.05, 4.69) is 5.32 Å². The Labute approximate surface area is 187 Å². The second-order valence-corrected chi connectivity index (χ2v) is 10.4. The highest BCUT2D eigenvalue weighted by molar-refractivity contribution is 7.89. The fourth-order valence-corrected chi connectivity index (χ4v) is 5.68. The van der Waals surface area contributed by atoms with E-state index in [1.165, 1.54) is 4.31 Å². The third-order valence-corrected chi connectivity index (χ3v) is 8.12. The minimum absolute atomic E-state index is 0.181. The Kier molecular flexibility index (Phi) is 7.09. The molecule has 0 spiro atoms. The fraction of sp³-hybridized carbons (Fsp3) is 0.381. The van der Waals surface area contributed by atoms with Gasteiger partial charge in [0.25, 0.3) is 5.91 Å². The first kappa shape index (κ1) is 23.0. The molecule has 2 aromatic carbocycles. The summed E-state index contributed by atoms with van der Waals surface area (Å²) in [5.41, 5.74) is 2.12. The molecule has 9 heteroatoms. The molecule has 1 amide bonds. The van der Waals surface area contributed by atoms with Crippen LogP contribution in [0.2, 0.25) is 10.0 Å². The van der Waals surface area contributed by atoms with Gasteiger partial charge in [0.15, 0.2) is 6.04 Å². The van der Waals surface area contributed by atoms with Crippen LogP contribution in [0.3, 0.4) is 0 Å². The van der Waals surface area contributed by atoms with E-state index in [-0.39, 0.29) is 11.9 Å². The summed E-state index contributed by atoms with van der Waals surface area (Å²) in [6.07, 6.45) is 0. The summed E-state index contributed by atoms with van der Waals surface area (Å²) < 4.78 is 27.7. The average Bonchev–Trinajstić information content (AvgIpc) is 2.72. The highest BCUT2D eigenvalue weighted by Gasteiger charge is 2.35. The summed E-state index contributed by atoms with van der Waals surface area (Å²) in [6, 6.07) is 10.00. The normalized spacial score (nSPS) is 17.0. The minimum atomic E-state index is -3.56. The number of carbonyl (C=O) groups is 1. The molecule has 0 aromatic heterocycles. The van der Waals surface area contributed by atoms with Gasteiger partial charge in [-0.3, -0.25) is 4.79 Å². The molecule has 30 heavy (non-hydrogen) atoms. The van der Waals surface area contributed by atoms with Crippen LogP contribution in [0.5, 0.6) is 0 Å². The number of nitrogens with zero attached hydrogens (tertiary/aromatic N) is 1. The van der Waals surface area contributed by atoms with Crippen molar-refractivity contribution in [3.05, 3.63) is 57.6 Å². The first-order valence-corrected chi connectivity index (χ1v) is 12.0. The van der Waals surface area contributed by atoms with E-state index in [0.717, 1.165) is 16.0 Å². The molecule has 1 fully saturated rings. The molecule has 162 valence electrons. The van der Waals surface area contributed by atoms with Gasteiger partial charge >= 0.3 is 0 Å². The highest BCUT2D eigenvalue weighted by atomic mass is 35.5. The molecule has 2 N–H and O–H groups in total. The summed E-state index contributed by atoms with van der Waals surface area (Å²) in [6.45, 7) is 7.33. The molecule has 1 heterocycles. The van der Waals surface area contributed by atoms with Crippen molar-refractivity contribution in [2.24, 2.45) is 0 Å². The first-order valence-electron chi connectivity index (χ1n) is 9.77. The largest absolute Gasteiger partial charge is 0.323 e. The van der Waals surface area contributed by atoms with Crippen molar-refractivity contribution in [1.82, 2.24) is 4.31 Å². The molecule has 3 rings (SSSR count). The van der Waals surface area contributed by atoms with Crippen molar-refractivity contribution in [3.8, 4) is 0 Å². The Morgan fingerprint density at radius 3 is 2.43 bits per heavy atom. The monoisotopic (exact) mass is 470 g/mol. The Bertz CT molecular complexity index is 1050. The van der Waals surface area contributed by atoms with Gasteiger partial charge in [-0.2, -0.15) is 4.31 Å². The maximum atomic E-state index is 13.1. The number of piperazine rings is 1. The molecule has 1 aliphatic rings. The summed E-state index contributed by atoms with van der Waals surface area (Å²) in [5.74, 6) is -0.181. The standard InChI is InChI=1S/C21H25Cl2N3O3S/c1-14-4-5-15(2)20(12-14)30(28,29)26-10-8-25(9-11-26)16(3)21(27)24-19-13-17(22)6-7-18(19)23/h4-7,12-13,16H,8-11H2,1-3H3,(H,24,27)/p+1/t16-/m1/s1. The van der Waals surface area contributed by atoms with Gasteiger partial charge in [0.05, 0.1) is 41.8 Å². The van der Waals surface area contributed by atoms with Gasteiger partial charge < -0.3 is 10.2 Å². The van der Waals surface area contributed by atoms with Gasteiger partial charge in [-0.25, -0.2) is 8.42 Å². The lowest BCUT2D eigenvalue weighted by Crippen LogP contribution is -3.19. The molecule has 0 aliphatic carbocycles. The van der Waals surface area contributed by atoms with Crippen LogP contribution >= 0.6 is 23.2 Å². The zero-order chi connectivity index (χ0) is 22.1. The number of hydrogen-bond donors (Lipinski definition) is 2. The van der Waals surface area contributed by atoms with Crippen LogP contribution in [0.1, 0.15) is 18.1 Å². The lowest BCUT2D eigenvalue weighted by molar-refractivity contribution is -0.917. The van der Waals surface area contributed by atoms with Crippen LogP contribution < -0.4 is 10.2 Å². The van der Waals surface area contributed by atoms with E-state index in [1.54, 1.807) is 31.2 Å². The Morgan fingerprint density at radius 1 is 1.10 bits per heavy atom. The number of nitrogens with one attached hydrogen (secondary N) is 2. The van der Waals surface area contributed by atoms with Crippen LogP contribution in [0.4, 0.5) is 5.69 Å². The van der Waals surface area contributed by atoms with Crippen molar-refractivity contribution < 1.29 is 18.1 Å². The molecule has 0 saturated carbocycles. The first-order chi connectivity index (χ1) is 14.1. The number of amides is 1. The number of carbonyl (C=O) groups excluding carboxylic acids is 1. The number of benzene rings is 2. The minimum Gasteiger partial charge on any atom is -0.323 e. The third-order valence-electron chi connectivity index (χ3n) is 5.52. The van der Waals surface area contributed by atoms with E-state index in [0.29, 0.717) is 46.8 Å². The summed E-state index contributed by atoms with van der Waals surface area (Å²) in [7, 11) is -3.56. The van der Waals surface area contributed by atoms with E-state index in [4.69, 9.17) is 23.2 Å². The van der Waals surface area contributed by atoms with E-state index in [1.807, 2.05) is 26.0 Å². The zero-order valence-corrected chi connectivity index (χ0v) is 19.5. The van der Waals surface area contributed by atoms with Gasteiger partial charge in [0, 0.05) is 5.02 Å². The highest BCUT2D eigenvalue weighted by Crippen LogP contribution is 2.25. The third kappa shape index (κ3) is 4.98. The average molecular weight is 471 g/mol. The van der Waals surface area contributed by atoms with Gasteiger partial charge in [-0.05, 0) is 56.2 Å². The van der Waals surface area contributed by atoms with Crippen LogP contribution in [0, 0.1) is 13.8 Å². The number of anilines is 1. The maximum absolute atomic E-state index is 13.1. The predicted molar refractivity (Wildman–Crippen MR) is 120 cm³/mol. The smallest absolute Gasteiger partial charge is 0.282 e. The summed E-state index contributed by atoms with van der Waals surface area (Å²) >= 11 is 12.1. The molecule has 2 aromatic rings. The molecular formula is C21H26Cl2N3O3S+. The number of aryl methyl sites for hydroxylation is 2. The molecule has 1 saturated heterocycles. The van der Waals surface area contributed by atoms with Gasteiger partial charge in [0.1, 0.15) is 0 Å². The van der Waals surface area contributed by atoms with E-state index in [9.17, 15) is 13.2 Å². The van der Waals surface area contributed by atoms with Crippen LogP contribution in [-0.4, -0.2) is 50.9 Å². The van der Waals surface area contributed by atoms with Crippen molar-refractivity contribution in [3.63, 3.8) is 0 Å². The lowest BCUT2D eigenvalue weighted by Gasteiger charge is -2.34. The van der Waals surface area contributed by atoms with Gasteiger partial charge in [-0.1, -0.05) is 35.3 Å². The van der Waals surface area contributed by atoms with Crippen molar-refractivity contribution in [1.29, 1.82) is 0 Å². The van der Waals surface area contributed by atoms with Crippen molar-refractivity contribution in [2.75, 3.05) is 31.5 Å². The molecule has 6 nitrogen and oxygen atoms in total. The van der Waals surface area contributed by atoms with Crippen molar-refractivity contribution in [2.45, 2.75) is 31.7 Å². The summed E-state index contributed by atoms with van der Waals surface area (Å²) in [5, 5.41) is 3.72. The summed E-state index contributed by atoms with van der Waals surface area (Å²) in [4.78, 5) is 14.1. The maximum Gasteiger partial charge on any atom is 0.282 e. The molecule has 1 aliphatic heterocycles. The topological polar surface area (TPSA) is 70.9 Å². The van der Waals surface area contributed by atoms with E-state index >= 15 is 0 Å². The zero-order valence-electron chi connectivity index (χ0n) is 17.2. The number of quaternary nitrogens is 1. The fourth-order valence-electron chi connectivity index (χ4n) is 3.59. The Hall–Kier alpha value is -1.64. The molecule has 1 atom stereocenters. The number of rotatable bonds is 5. The molecular weight excluding hydrogens is 445 g/mol. The quantitative estimate of drug-likeness (QED) is 0.704. The molecule has 0 bridgehead atoms. The van der Waals surface area contributed by atoms with Gasteiger partial charge in [-0.15, -0.1) is 0 Å². The number of halogens is 2. The number of hydrogen-bond acceptors (Lipinski definition) is 3. The molecule has 0 radical (unpaired) electrons. The Balaban J connectivity index is 1.65. The SMILES string of the molecule is Cc1ccc(C)c(S(=O)(=O)N2CC[NH+]([C@H](C)C(=O)Nc3cc(Cl)ccc3Cl)CC2)c1. The lowest BCUT2D eigenvalue weighted by atomic mass is 10.2. The van der Waals surface area contributed by atoms with Crippen molar-refractivity contribution >= 4 is 44.8 Å². The van der Waals surface area contributed by atoms with Crippen LogP contribution in [-0.2, 0) is 14.8 Å². The number of sulfonamides is 1. The van der Waals surface area contributed by atoms with Crippen LogP contribution in [0.25, 0.3) is 0 Å². The second kappa shape index (κ2) is 9.24.